The zero-order chi connectivity index (χ0) is 23.6. The monoisotopic (exact) mass is 467 g/mol. The number of alkyl halides is 3. The van der Waals surface area contributed by atoms with Crippen LogP contribution in [0.5, 0.6) is 5.88 Å². The number of esters is 1. The maximum absolute atomic E-state index is 12.9. The zero-order valence-electron chi connectivity index (χ0n) is 17.2. The highest BCUT2D eigenvalue weighted by Gasteiger charge is 2.32. The average molecular weight is 468 g/mol. The van der Waals surface area contributed by atoms with Gasteiger partial charge in [-0.15, -0.1) is 0 Å². The molecule has 0 bridgehead atoms. The number of hydrogen-bond donors (Lipinski definition) is 0. The maximum atomic E-state index is 12.9. The molecule has 32 heavy (non-hydrogen) atoms. The Kier molecular flexibility index (Phi) is 6.54. The first kappa shape index (κ1) is 23.3. The van der Waals surface area contributed by atoms with E-state index in [9.17, 15) is 22.8 Å². The van der Waals surface area contributed by atoms with Crippen LogP contribution in [-0.2, 0) is 17.5 Å². The summed E-state index contributed by atoms with van der Waals surface area (Å²) in [5.41, 5.74) is -0.479. The summed E-state index contributed by atoms with van der Waals surface area (Å²) in [6.07, 6.45) is -4.60. The van der Waals surface area contributed by atoms with Crippen molar-refractivity contribution in [1.82, 2.24) is 14.5 Å². The highest BCUT2D eigenvalue weighted by Crippen LogP contribution is 2.28. The molecule has 3 rings (SSSR count). The van der Waals surface area contributed by atoms with Crippen molar-refractivity contribution in [2.75, 3.05) is 7.11 Å². The van der Waals surface area contributed by atoms with Gasteiger partial charge in [0, 0.05) is 0 Å². The molecule has 0 atom stereocenters. The number of hydrogen-bond acceptors (Lipinski definition) is 6. The molecule has 0 aliphatic rings. The summed E-state index contributed by atoms with van der Waals surface area (Å²) in [6.45, 7) is 2.88. The number of benzene rings is 1. The highest BCUT2D eigenvalue weighted by molar-refractivity contribution is 6.31. The van der Waals surface area contributed by atoms with Crippen LogP contribution in [0.4, 0.5) is 13.2 Å². The van der Waals surface area contributed by atoms with Crippen molar-refractivity contribution in [1.29, 1.82) is 0 Å². The number of carbonyl (C=O) groups excluding carboxylic acids is 1. The molecule has 2 heterocycles. The van der Waals surface area contributed by atoms with Crippen LogP contribution >= 0.6 is 11.6 Å². The van der Waals surface area contributed by atoms with Crippen LogP contribution in [0.1, 0.15) is 33.1 Å². The van der Waals surface area contributed by atoms with Gasteiger partial charge in [-0.3, -0.25) is 9.36 Å². The number of methoxy groups -OCH3 is 1. The number of halogens is 4. The number of nitrogens with zero attached hydrogens (tertiary/aromatic N) is 3. The lowest BCUT2D eigenvalue weighted by atomic mass is 10.1. The molecule has 0 saturated carbocycles. The van der Waals surface area contributed by atoms with E-state index in [1.54, 1.807) is 19.1 Å². The zero-order valence-corrected chi connectivity index (χ0v) is 17.9. The lowest BCUT2D eigenvalue weighted by Crippen LogP contribution is -2.24. The Bertz CT molecular complexity index is 1240. The van der Waals surface area contributed by atoms with E-state index in [0.717, 1.165) is 6.07 Å². The average Bonchev–Trinajstić information content (AvgIpc) is 2.75. The lowest BCUT2D eigenvalue weighted by molar-refractivity contribution is -0.141. The number of ether oxygens (including phenoxy) is 2. The Labute approximate surface area is 185 Å². The van der Waals surface area contributed by atoms with Crippen molar-refractivity contribution in [3.63, 3.8) is 0 Å². The minimum atomic E-state index is -4.60. The fraction of sp³-hybridized carbons (Fsp3) is 0.238. The largest absolute Gasteiger partial charge is 0.470 e. The number of aromatic nitrogens is 3. The fourth-order valence-corrected chi connectivity index (χ4v) is 3.10. The van der Waals surface area contributed by atoms with Crippen LogP contribution in [-0.4, -0.2) is 27.6 Å². The van der Waals surface area contributed by atoms with Gasteiger partial charge in [-0.2, -0.15) is 18.2 Å². The molecule has 0 radical (unpaired) electrons. The van der Waals surface area contributed by atoms with Crippen molar-refractivity contribution in [2.24, 2.45) is 0 Å². The van der Waals surface area contributed by atoms with Crippen molar-refractivity contribution >= 4 is 17.6 Å². The van der Waals surface area contributed by atoms with Crippen LogP contribution in [0.25, 0.3) is 5.69 Å². The van der Waals surface area contributed by atoms with Gasteiger partial charge in [0.15, 0.2) is 5.02 Å². The van der Waals surface area contributed by atoms with Gasteiger partial charge in [0.2, 0.25) is 5.88 Å². The third-order valence-electron chi connectivity index (χ3n) is 4.49. The van der Waals surface area contributed by atoms with Crippen molar-refractivity contribution in [3.05, 3.63) is 80.1 Å². The Morgan fingerprint density at radius 1 is 1.16 bits per heavy atom. The quantitative estimate of drug-likeness (QED) is 0.521. The van der Waals surface area contributed by atoms with E-state index in [0.29, 0.717) is 11.3 Å². The Morgan fingerprint density at radius 2 is 1.88 bits per heavy atom. The van der Waals surface area contributed by atoms with E-state index in [1.165, 1.54) is 36.8 Å². The molecule has 0 N–H and O–H groups in total. The molecule has 168 valence electrons. The van der Waals surface area contributed by atoms with E-state index in [4.69, 9.17) is 21.1 Å². The summed E-state index contributed by atoms with van der Waals surface area (Å²) < 4.78 is 49.8. The number of rotatable bonds is 5. The van der Waals surface area contributed by atoms with Gasteiger partial charge in [-0.05, 0) is 43.7 Å². The maximum Gasteiger partial charge on any atom is 0.433 e. The smallest absolute Gasteiger partial charge is 0.433 e. The van der Waals surface area contributed by atoms with Gasteiger partial charge in [0.25, 0.3) is 5.56 Å². The Hall–Kier alpha value is -3.40. The SMILES string of the molecule is COC(=O)c1ccc(C)c(-n2c(C)nc(OCc3cccc(C(F)(F)F)n3)c(Cl)c2=O)c1. The molecule has 0 spiro atoms. The van der Waals surface area contributed by atoms with E-state index in [2.05, 4.69) is 9.97 Å². The molecule has 0 saturated heterocycles. The molecule has 3 aromatic rings. The molecular weight excluding hydrogens is 451 g/mol. The third kappa shape index (κ3) is 4.75. The number of aryl methyl sites for hydroxylation is 2. The van der Waals surface area contributed by atoms with E-state index >= 15 is 0 Å². The second kappa shape index (κ2) is 8.99. The standard InChI is InChI=1S/C21H17ClF3N3O4/c1-11-7-8-13(20(30)31-3)9-15(11)28-12(2)26-18(17(22)19(28)29)32-10-14-5-4-6-16(27-14)21(23,24)25/h4-9H,10H2,1-3H3. The van der Waals surface area contributed by atoms with Crippen molar-refractivity contribution in [3.8, 4) is 11.6 Å². The molecule has 0 amide bonds. The van der Waals surface area contributed by atoms with Crippen LogP contribution in [0, 0.1) is 13.8 Å². The van der Waals surface area contributed by atoms with Gasteiger partial charge >= 0.3 is 12.1 Å². The summed E-state index contributed by atoms with van der Waals surface area (Å²) in [4.78, 5) is 32.5. The van der Waals surface area contributed by atoms with E-state index in [-0.39, 0.29) is 34.6 Å². The summed E-state index contributed by atoms with van der Waals surface area (Å²) in [5, 5.41) is -0.370. The molecule has 2 aromatic heterocycles. The predicted molar refractivity (Wildman–Crippen MR) is 109 cm³/mol. The molecule has 11 heteroatoms. The molecule has 0 aliphatic heterocycles. The Morgan fingerprint density at radius 3 is 2.53 bits per heavy atom. The van der Waals surface area contributed by atoms with Crippen LogP contribution in [0.15, 0.2) is 41.2 Å². The van der Waals surface area contributed by atoms with Gasteiger partial charge in [-0.25, -0.2) is 9.78 Å². The first-order valence-corrected chi connectivity index (χ1v) is 9.55. The van der Waals surface area contributed by atoms with Crippen molar-refractivity contribution in [2.45, 2.75) is 26.6 Å². The number of pyridine rings is 1. The summed E-state index contributed by atoms with van der Waals surface area (Å²) in [6, 6.07) is 8.05. The third-order valence-corrected chi connectivity index (χ3v) is 4.81. The normalized spacial score (nSPS) is 11.3. The summed E-state index contributed by atoms with van der Waals surface area (Å²) >= 11 is 6.16. The summed E-state index contributed by atoms with van der Waals surface area (Å²) in [5.74, 6) is -0.632. The highest BCUT2D eigenvalue weighted by atomic mass is 35.5. The molecule has 1 aromatic carbocycles. The Balaban J connectivity index is 1.96. The number of carbonyl (C=O) groups is 1. The molecule has 7 nitrogen and oxygen atoms in total. The second-order valence-corrected chi connectivity index (χ2v) is 7.09. The van der Waals surface area contributed by atoms with Crippen LogP contribution in [0.2, 0.25) is 5.02 Å². The van der Waals surface area contributed by atoms with Gasteiger partial charge in [-0.1, -0.05) is 23.7 Å². The molecule has 0 aliphatic carbocycles. The van der Waals surface area contributed by atoms with Crippen LogP contribution in [0.3, 0.4) is 0 Å². The molecular formula is C21H17ClF3N3O4. The molecule has 0 fully saturated rings. The predicted octanol–water partition coefficient (Wildman–Crippen LogP) is 4.28. The second-order valence-electron chi connectivity index (χ2n) is 6.71. The first-order valence-electron chi connectivity index (χ1n) is 9.17. The fourth-order valence-electron chi connectivity index (χ4n) is 2.92. The van der Waals surface area contributed by atoms with E-state index < -0.39 is 23.4 Å². The topological polar surface area (TPSA) is 83.3 Å². The van der Waals surface area contributed by atoms with Gasteiger partial charge in [0.1, 0.15) is 18.1 Å². The first-order chi connectivity index (χ1) is 15.0. The van der Waals surface area contributed by atoms with Gasteiger partial charge < -0.3 is 9.47 Å². The minimum Gasteiger partial charge on any atom is -0.470 e. The van der Waals surface area contributed by atoms with Gasteiger partial charge in [0.05, 0.1) is 24.1 Å². The van der Waals surface area contributed by atoms with Crippen LogP contribution < -0.4 is 10.3 Å². The van der Waals surface area contributed by atoms with Crippen molar-refractivity contribution < 1.29 is 27.4 Å². The summed E-state index contributed by atoms with van der Waals surface area (Å²) in [7, 11) is 1.24. The lowest BCUT2D eigenvalue weighted by Gasteiger charge is -2.16. The minimum absolute atomic E-state index is 0.0128. The van der Waals surface area contributed by atoms with E-state index in [1.807, 2.05) is 0 Å². The molecule has 0 unspecified atom stereocenters.